The van der Waals surface area contributed by atoms with E-state index in [-0.39, 0.29) is 23.6 Å². The van der Waals surface area contributed by atoms with Gasteiger partial charge in [0.2, 0.25) is 0 Å². The lowest BCUT2D eigenvalue weighted by Gasteiger charge is -2.24. The number of alkyl halides is 3. The van der Waals surface area contributed by atoms with Crippen molar-refractivity contribution < 1.29 is 18.0 Å². The lowest BCUT2D eigenvalue weighted by molar-refractivity contribution is -0.119. The van der Waals surface area contributed by atoms with Gasteiger partial charge in [-0.15, -0.1) is 0 Å². The van der Waals surface area contributed by atoms with Crippen LogP contribution < -0.4 is 10.2 Å². The molecule has 0 spiro atoms. The molecule has 3 aromatic heterocycles. The Balaban J connectivity index is 1.98. The predicted octanol–water partition coefficient (Wildman–Crippen LogP) is 3.46. The van der Waals surface area contributed by atoms with Crippen LogP contribution in [0.15, 0.2) is 36.8 Å². The normalized spacial score (nSPS) is 11.6. The van der Waals surface area contributed by atoms with Crippen LogP contribution >= 0.6 is 0 Å². The van der Waals surface area contributed by atoms with Crippen LogP contribution in [0.3, 0.4) is 0 Å². The third-order valence-corrected chi connectivity index (χ3v) is 3.98. The van der Waals surface area contributed by atoms with Crippen LogP contribution in [0.4, 0.5) is 24.7 Å². The highest BCUT2D eigenvalue weighted by molar-refractivity contribution is 6.09. The molecule has 1 amide bonds. The maximum Gasteiger partial charge on any atom is 0.405 e. The molecule has 0 unspecified atom stereocenters. The van der Waals surface area contributed by atoms with Crippen LogP contribution in [0.2, 0.25) is 0 Å². The molecule has 1 N–H and O–H groups in total. The van der Waals surface area contributed by atoms with E-state index in [0.717, 1.165) is 4.90 Å². The lowest BCUT2D eigenvalue weighted by atomic mass is 10.2. The molecular formula is C18H19F3N6O. The van der Waals surface area contributed by atoms with E-state index < -0.39 is 18.6 Å². The molecule has 3 heterocycles. The molecule has 148 valence electrons. The van der Waals surface area contributed by atoms with Crippen LogP contribution in [0, 0.1) is 6.92 Å². The van der Waals surface area contributed by atoms with Crippen LogP contribution in [-0.4, -0.2) is 44.8 Å². The number of hydrogen-bond donors (Lipinski definition) is 1. The van der Waals surface area contributed by atoms with Gasteiger partial charge in [-0.05, 0) is 31.5 Å². The highest BCUT2D eigenvalue weighted by Gasteiger charge is 2.31. The molecule has 0 bridgehead atoms. The summed E-state index contributed by atoms with van der Waals surface area (Å²) in [4.78, 5) is 22.1. The van der Waals surface area contributed by atoms with E-state index in [0.29, 0.717) is 17.8 Å². The first kappa shape index (κ1) is 19.6. The van der Waals surface area contributed by atoms with Crippen molar-refractivity contribution in [1.29, 1.82) is 0 Å². The number of amides is 1. The quantitative estimate of drug-likeness (QED) is 0.695. The van der Waals surface area contributed by atoms with E-state index in [2.05, 4.69) is 20.4 Å². The Bertz CT molecular complexity index is 971. The number of carbonyl (C=O) groups excluding carboxylic acids is 1. The van der Waals surface area contributed by atoms with Crippen LogP contribution in [0.5, 0.6) is 0 Å². The van der Waals surface area contributed by atoms with E-state index in [1.807, 2.05) is 0 Å². The first-order valence-electron chi connectivity index (χ1n) is 8.67. The Kier molecular flexibility index (Phi) is 5.48. The number of fused-ring (bicyclic) bond motifs is 1. The molecular weight excluding hydrogens is 373 g/mol. The second-order valence-electron chi connectivity index (χ2n) is 6.25. The summed E-state index contributed by atoms with van der Waals surface area (Å²) >= 11 is 0. The van der Waals surface area contributed by atoms with Gasteiger partial charge in [0, 0.05) is 18.9 Å². The van der Waals surface area contributed by atoms with Gasteiger partial charge in [-0.3, -0.25) is 9.78 Å². The number of nitrogens with one attached hydrogen (secondary N) is 1. The summed E-state index contributed by atoms with van der Waals surface area (Å²) < 4.78 is 40.2. The van der Waals surface area contributed by atoms with Gasteiger partial charge in [0.05, 0.1) is 17.6 Å². The topological polar surface area (TPSA) is 75.4 Å². The number of aromatic nitrogens is 4. The molecule has 0 radical (unpaired) electrons. The summed E-state index contributed by atoms with van der Waals surface area (Å²) in [5.74, 6) is -0.315. The zero-order valence-electron chi connectivity index (χ0n) is 15.4. The molecule has 7 nitrogen and oxygen atoms in total. The van der Waals surface area contributed by atoms with Gasteiger partial charge in [0.25, 0.3) is 5.91 Å². The SMILES string of the molecule is CCCN(CC(F)(F)F)c1ccn2nc(C)c(C(=O)Nc3cccnc3)c2n1. The molecule has 0 aliphatic rings. The van der Waals surface area contributed by atoms with Crippen LogP contribution in [0.1, 0.15) is 29.4 Å². The van der Waals surface area contributed by atoms with Gasteiger partial charge in [0.15, 0.2) is 5.65 Å². The van der Waals surface area contributed by atoms with Crippen LogP contribution in [-0.2, 0) is 0 Å². The predicted molar refractivity (Wildman–Crippen MR) is 98.5 cm³/mol. The highest BCUT2D eigenvalue weighted by Crippen LogP contribution is 2.23. The summed E-state index contributed by atoms with van der Waals surface area (Å²) in [6.45, 7) is 2.51. The fourth-order valence-corrected chi connectivity index (χ4v) is 2.86. The van der Waals surface area contributed by atoms with Gasteiger partial charge in [-0.25, -0.2) is 9.50 Å². The number of anilines is 2. The minimum Gasteiger partial charge on any atom is -0.347 e. The van der Waals surface area contributed by atoms with E-state index in [4.69, 9.17) is 0 Å². The number of aryl methyl sites for hydroxylation is 1. The number of carbonyl (C=O) groups is 1. The first-order chi connectivity index (χ1) is 13.3. The van der Waals surface area contributed by atoms with E-state index in [1.165, 1.54) is 23.0 Å². The van der Waals surface area contributed by atoms with Gasteiger partial charge in [0.1, 0.15) is 17.9 Å². The summed E-state index contributed by atoms with van der Waals surface area (Å²) in [7, 11) is 0. The number of halogens is 3. The average molecular weight is 392 g/mol. The third-order valence-electron chi connectivity index (χ3n) is 3.98. The minimum absolute atomic E-state index is 0.141. The van der Waals surface area contributed by atoms with Crippen molar-refractivity contribution in [3.8, 4) is 0 Å². The molecule has 0 aliphatic carbocycles. The molecule has 0 atom stereocenters. The molecule has 0 fully saturated rings. The fourth-order valence-electron chi connectivity index (χ4n) is 2.86. The third kappa shape index (κ3) is 4.38. The minimum atomic E-state index is -4.36. The van der Waals surface area contributed by atoms with Crippen molar-refractivity contribution in [1.82, 2.24) is 19.6 Å². The van der Waals surface area contributed by atoms with Gasteiger partial charge in [-0.2, -0.15) is 18.3 Å². The molecule has 0 aromatic carbocycles. The highest BCUT2D eigenvalue weighted by atomic mass is 19.4. The molecule has 28 heavy (non-hydrogen) atoms. The van der Waals surface area contributed by atoms with E-state index in [1.54, 1.807) is 32.2 Å². The average Bonchev–Trinajstić information content (AvgIpc) is 2.96. The Labute approximate surface area is 159 Å². The van der Waals surface area contributed by atoms with E-state index in [9.17, 15) is 18.0 Å². The summed E-state index contributed by atoms with van der Waals surface area (Å²) in [6, 6.07) is 4.81. The fraction of sp³-hybridized carbons (Fsp3) is 0.333. The standard InChI is InChI=1S/C18H19F3N6O/c1-3-8-26(11-18(19,20)21)14-6-9-27-16(24-14)15(12(2)25-27)17(28)23-13-5-4-7-22-10-13/h4-7,9-10H,3,8,11H2,1-2H3,(H,23,28). The van der Waals surface area contributed by atoms with Crippen molar-refractivity contribution in [3.05, 3.63) is 48.0 Å². The largest absolute Gasteiger partial charge is 0.405 e. The Morgan fingerprint density at radius 3 is 2.75 bits per heavy atom. The summed E-state index contributed by atoms with van der Waals surface area (Å²) in [5, 5.41) is 6.93. The van der Waals surface area contributed by atoms with Crippen molar-refractivity contribution in [2.24, 2.45) is 0 Å². The van der Waals surface area contributed by atoms with Crippen molar-refractivity contribution in [2.75, 3.05) is 23.3 Å². The molecule has 10 heteroatoms. The number of pyridine rings is 1. The maximum atomic E-state index is 12.9. The monoisotopic (exact) mass is 392 g/mol. The molecule has 3 rings (SSSR count). The van der Waals surface area contributed by atoms with Crippen molar-refractivity contribution >= 4 is 23.1 Å². The van der Waals surface area contributed by atoms with Gasteiger partial charge >= 0.3 is 6.18 Å². The number of nitrogens with zero attached hydrogens (tertiary/aromatic N) is 5. The second kappa shape index (κ2) is 7.83. The smallest absolute Gasteiger partial charge is 0.347 e. The Morgan fingerprint density at radius 1 is 1.32 bits per heavy atom. The van der Waals surface area contributed by atoms with Crippen molar-refractivity contribution in [3.63, 3.8) is 0 Å². The Hall–Kier alpha value is -3.17. The Morgan fingerprint density at radius 2 is 2.11 bits per heavy atom. The van der Waals surface area contributed by atoms with Gasteiger partial charge in [-0.1, -0.05) is 6.92 Å². The van der Waals surface area contributed by atoms with Crippen molar-refractivity contribution in [2.45, 2.75) is 26.4 Å². The molecule has 3 aromatic rings. The van der Waals surface area contributed by atoms with E-state index >= 15 is 0 Å². The first-order valence-corrected chi connectivity index (χ1v) is 8.67. The molecule has 0 saturated carbocycles. The molecule has 0 aliphatic heterocycles. The maximum absolute atomic E-state index is 12.9. The molecule has 0 saturated heterocycles. The summed E-state index contributed by atoms with van der Waals surface area (Å²) in [6.07, 6.45) is 0.733. The zero-order valence-corrected chi connectivity index (χ0v) is 15.4. The zero-order chi connectivity index (χ0) is 20.3. The summed E-state index contributed by atoms with van der Waals surface area (Å²) in [5.41, 5.74) is 1.31. The number of rotatable bonds is 6. The van der Waals surface area contributed by atoms with Gasteiger partial charge < -0.3 is 10.2 Å². The lowest BCUT2D eigenvalue weighted by Crippen LogP contribution is -2.35. The van der Waals surface area contributed by atoms with Crippen LogP contribution in [0.25, 0.3) is 5.65 Å². The number of hydrogen-bond acceptors (Lipinski definition) is 5. The second-order valence-corrected chi connectivity index (χ2v) is 6.25.